The number of rotatable bonds is 0. The van der Waals surface area contributed by atoms with Crippen LogP contribution in [0.1, 0.15) is 47.0 Å². The minimum absolute atomic E-state index is 0. The minimum atomic E-state index is -0.454. The van der Waals surface area contributed by atoms with Gasteiger partial charge in [-0.1, -0.05) is 27.2 Å². The summed E-state index contributed by atoms with van der Waals surface area (Å²) in [5, 5.41) is 10.1. The van der Waals surface area contributed by atoms with E-state index >= 15 is 0 Å². The van der Waals surface area contributed by atoms with Crippen LogP contribution in [0.2, 0.25) is 0 Å². The van der Waals surface area contributed by atoms with E-state index in [2.05, 4.69) is 20.8 Å². The molecule has 0 aliphatic heterocycles. The second kappa shape index (κ2) is 3.81. The van der Waals surface area contributed by atoms with Crippen LogP contribution in [0.4, 0.5) is 0 Å². The first-order valence-electron chi connectivity index (χ1n) is 4.60. The van der Waals surface area contributed by atoms with Crippen molar-refractivity contribution >= 4 is 0 Å². The van der Waals surface area contributed by atoms with Gasteiger partial charge >= 0.3 is 0 Å². The molecule has 0 radical (unpaired) electrons. The van der Waals surface area contributed by atoms with E-state index in [4.69, 9.17) is 0 Å². The molecule has 12 heavy (non-hydrogen) atoms. The predicted octanol–water partition coefficient (Wildman–Crippen LogP) is 2.58. The van der Waals surface area contributed by atoms with Gasteiger partial charge in [-0.05, 0) is 31.1 Å². The van der Waals surface area contributed by atoms with Crippen molar-refractivity contribution in [3.8, 4) is 0 Å². The van der Waals surface area contributed by atoms with Gasteiger partial charge in [0.1, 0.15) is 0 Å². The summed E-state index contributed by atoms with van der Waals surface area (Å²) >= 11 is 0. The van der Waals surface area contributed by atoms with Gasteiger partial charge in [-0.15, -0.1) is 0 Å². The van der Waals surface area contributed by atoms with E-state index in [1.54, 1.807) is 0 Å². The Hall–Kier alpha value is 0.674. The molecule has 2 atom stereocenters. The zero-order valence-corrected chi connectivity index (χ0v) is 10.2. The Morgan fingerprint density at radius 3 is 2.08 bits per heavy atom. The van der Waals surface area contributed by atoms with Gasteiger partial charge < -0.3 is 5.11 Å². The Morgan fingerprint density at radius 1 is 1.25 bits per heavy atom. The zero-order chi connectivity index (χ0) is 8.70. The van der Waals surface area contributed by atoms with E-state index in [1.807, 2.05) is 6.92 Å². The first kappa shape index (κ1) is 12.7. The van der Waals surface area contributed by atoms with Gasteiger partial charge in [-0.3, -0.25) is 0 Å². The molecule has 0 aromatic rings. The minimum Gasteiger partial charge on any atom is -0.390 e. The molecule has 1 nitrogen and oxygen atoms in total. The molecule has 1 rings (SSSR count). The third-order valence-electron chi connectivity index (χ3n) is 3.92. The molecule has 0 heterocycles. The molecule has 2 heteroatoms. The third-order valence-corrected chi connectivity index (χ3v) is 3.92. The molecule has 1 fully saturated rings. The van der Waals surface area contributed by atoms with Gasteiger partial charge in [0.25, 0.3) is 0 Å². The van der Waals surface area contributed by atoms with Crippen LogP contribution in [-0.4, -0.2) is 10.7 Å². The van der Waals surface area contributed by atoms with Crippen molar-refractivity contribution in [3.05, 3.63) is 0 Å². The summed E-state index contributed by atoms with van der Waals surface area (Å²) in [6.07, 6.45) is 3.41. The maximum Gasteiger partial charge on any atom is 0.0673 e. The molecule has 0 amide bonds. The first-order chi connectivity index (χ1) is 4.88. The summed E-state index contributed by atoms with van der Waals surface area (Å²) in [5.41, 5.74) is -0.365. The smallest absolute Gasteiger partial charge is 0.0673 e. The molecule has 1 saturated carbocycles. The third kappa shape index (κ3) is 1.94. The fourth-order valence-corrected chi connectivity index (χ4v) is 1.97. The molecule has 0 aromatic carbocycles. The monoisotopic (exact) mass is 204 g/mol. The number of hydrogen-bond acceptors (Lipinski definition) is 1. The molecule has 70 valence electrons. The largest absolute Gasteiger partial charge is 0.390 e. The Bertz CT molecular complexity index is 152. The fourth-order valence-electron chi connectivity index (χ4n) is 1.97. The molecule has 1 aliphatic carbocycles. The summed E-state index contributed by atoms with van der Waals surface area (Å²) in [4.78, 5) is 0. The van der Waals surface area contributed by atoms with Crippen LogP contribution in [-0.2, 0) is 21.7 Å². The van der Waals surface area contributed by atoms with Crippen LogP contribution < -0.4 is 0 Å². The van der Waals surface area contributed by atoms with E-state index in [0.29, 0.717) is 5.92 Å². The summed E-state index contributed by atoms with van der Waals surface area (Å²) in [6, 6.07) is 0. The van der Waals surface area contributed by atoms with Crippen molar-refractivity contribution in [2.45, 2.75) is 52.6 Å². The fraction of sp³-hybridized carbons (Fsp3) is 1.00. The molecule has 0 aromatic heterocycles. The number of aliphatic hydroxyl groups is 1. The Balaban J connectivity index is 0.00000121. The molecule has 0 saturated heterocycles. The summed E-state index contributed by atoms with van der Waals surface area (Å²) < 4.78 is 0. The van der Waals surface area contributed by atoms with Crippen molar-refractivity contribution in [1.29, 1.82) is 0 Å². The van der Waals surface area contributed by atoms with Gasteiger partial charge in [-0.25, -0.2) is 0 Å². The molecule has 2 unspecified atom stereocenters. The van der Waals surface area contributed by atoms with E-state index in [-0.39, 0.29) is 27.1 Å². The number of hydrogen-bond donors (Lipinski definition) is 1. The van der Waals surface area contributed by atoms with Crippen LogP contribution in [0.15, 0.2) is 0 Å². The van der Waals surface area contributed by atoms with Crippen LogP contribution in [0, 0.1) is 11.3 Å². The van der Waals surface area contributed by atoms with Gasteiger partial charge in [0.2, 0.25) is 0 Å². The second-order valence-electron chi connectivity index (χ2n) is 4.79. The topological polar surface area (TPSA) is 20.2 Å². The Morgan fingerprint density at radius 2 is 1.75 bits per heavy atom. The van der Waals surface area contributed by atoms with Gasteiger partial charge in [0.15, 0.2) is 0 Å². The summed E-state index contributed by atoms with van der Waals surface area (Å²) in [7, 11) is 0. The Labute approximate surface area is 90.8 Å². The SMILES string of the molecule is CC1CCCC(C)(O)C1(C)C.[Ti]. The van der Waals surface area contributed by atoms with Crippen LogP contribution in [0.25, 0.3) is 0 Å². The van der Waals surface area contributed by atoms with Crippen molar-refractivity contribution in [2.75, 3.05) is 0 Å². The van der Waals surface area contributed by atoms with Crippen molar-refractivity contribution in [3.63, 3.8) is 0 Å². The maximum absolute atomic E-state index is 10.1. The Kier molecular flexibility index (Phi) is 4.03. The van der Waals surface area contributed by atoms with Crippen LogP contribution in [0.3, 0.4) is 0 Å². The van der Waals surface area contributed by atoms with E-state index in [9.17, 15) is 5.11 Å². The van der Waals surface area contributed by atoms with E-state index < -0.39 is 5.60 Å². The molecule has 1 aliphatic rings. The predicted molar refractivity (Wildman–Crippen MR) is 47.4 cm³/mol. The van der Waals surface area contributed by atoms with Gasteiger partial charge in [0.05, 0.1) is 5.60 Å². The summed E-state index contributed by atoms with van der Waals surface area (Å²) in [6.45, 7) is 8.57. The molecule has 0 bridgehead atoms. The van der Waals surface area contributed by atoms with E-state index in [1.165, 1.54) is 12.8 Å². The van der Waals surface area contributed by atoms with Crippen LogP contribution >= 0.6 is 0 Å². The first-order valence-corrected chi connectivity index (χ1v) is 4.60. The standard InChI is InChI=1S/C10H20O.Ti/c1-8-6-5-7-10(4,11)9(8,2)3;/h8,11H,5-7H2,1-4H3;. The average molecular weight is 204 g/mol. The maximum atomic E-state index is 10.1. The van der Waals surface area contributed by atoms with E-state index in [0.717, 1.165) is 6.42 Å². The molecular formula is C10H20OTi. The quantitative estimate of drug-likeness (QED) is 0.601. The van der Waals surface area contributed by atoms with Gasteiger partial charge in [-0.2, -0.15) is 0 Å². The summed E-state index contributed by atoms with van der Waals surface area (Å²) in [5.74, 6) is 0.645. The molecule has 1 N–H and O–H groups in total. The average Bonchev–Trinajstić information content (AvgIpc) is 1.84. The zero-order valence-electron chi connectivity index (χ0n) is 8.65. The molecule has 0 spiro atoms. The second-order valence-corrected chi connectivity index (χ2v) is 4.79. The van der Waals surface area contributed by atoms with Crippen molar-refractivity contribution in [2.24, 2.45) is 11.3 Å². The van der Waals surface area contributed by atoms with Gasteiger partial charge in [0, 0.05) is 21.7 Å². The normalized spacial score (nSPS) is 40.2. The molecular weight excluding hydrogens is 184 g/mol. The van der Waals surface area contributed by atoms with Crippen LogP contribution in [0.5, 0.6) is 0 Å². The van der Waals surface area contributed by atoms with Crippen molar-refractivity contribution in [1.82, 2.24) is 0 Å². The van der Waals surface area contributed by atoms with Crippen molar-refractivity contribution < 1.29 is 26.8 Å².